The van der Waals surface area contributed by atoms with Crippen molar-refractivity contribution < 1.29 is 19.8 Å². The van der Waals surface area contributed by atoms with Crippen LogP contribution in [-0.2, 0) is 6.54 Å². The number of ketones is 1. The summed E-state index contributed by atoms with van der Waals surface area (Å²) in [6.45, 7) is 1.99. The number of rotatable bonds is 1. The van der Waals surface area contributed by atoms with E-state index in [2.05, 4.69) is 9.56 Å². The molecule has 2 bridgehead atoms. The Hall–Kier alpha value is -3.78. The van der Waals surface area contributed by atoms with Gasteiger partial charge in [-0.3, -0.25) is 9.79 Å². The zero-order valence-electron chi connectivity index (χ0n) is 17.7. The van der Waals surface area contributed by atoms with Crippen molar-refractivity contribution in [2.75, 3.05) is 6.61 Å². The maximum atomic E-state index is 13.1. The standard InChI is InChI=1S/C26H18N3O4/c1-26-13(12-30)7-8-28-18-3-2-4-20(31)23(18)22-17-11-27-10-16(17)21-15-6-5-14(33-26)9-19(15)29(26,32)25(21)24(22)28/h2-7,9-11,30,32H,8,12H2,1H3/q+1. The fourth-order valence-electron chi connectivity index (χ4n) is 6.41. The van der Waals surface area contributed by atoms with Crippen LogP contribution in [0.5, 0.6) is 5.75 Å². The van der Waals surface area contributed by atoms with E-state index in [4.69, 9.17) is 4.74 Å². The molecule has 33 heavy (non-hydrogen) atoms. The molecule has 7 nitrogen and oxygen atoms in total. The Balaban J connectivity index is 1.72. The molecule has 1 aromatic heterocycles. The summed E-state index contributed by atoms with van der Waals surface area (Å²) in [6, 6.07) is 5.75. The van der Waals surface area contributed by atoms with Crippen molar-refractivity contribution in [3.63, 3.8) is 0 Å². The highest BCUT2D eigenvalue weighted by Crippen LogP contribution is 2.63. The van der Waals surface area contributed by atoms with Crippen LogP contribution in [0.4, 0.5) is 11.4 Å². The van der Waals surface area contributed by atoms with Gasteiger partial charge in [0.05, 0.1) is 34.2 Å². The number of allylic oxidation sites excluding steroid dienone is 3. The Bertz CT molecular complexity index is 1760. The van der Waals surface area contributed by atoms with Crippen LogP contribution >= 0.6 is 0 Å². The van der Waals surface area contributed by atoms with E-state index in [1.807, 2.05) is 49.7 Å². The third-order valence-corrected chi connectivity index (χ3v) is 7.88. The average molecular weight is 436 g/mol. The van der Waals surface area contributed by atoms with Gasteiger partial charge >= 0.3 is 5.72 Å². The van der Waals surface area contributed by atoms with Crippen molar-refractivity contribution >= 4 is 46.6 Å². The van der Waals surface area contributed by atoms with E-state index in [-0.39, 0.29) is 12.4 Å². The van der Waals surface area contributed by atoms with Gasteiger partial charge in [-0.1, -0.05) is 16.8 Å². The molecule has 3 aromatic rings. The molecule has 160 valence electrons. The maximum Gasteiger partial charge on any atom is 0.304 e. The monoisotopic (exact) mass is 436 g/mol. The molecule has 0 saturated carbocycles. The molecule has 5 aliphatic rings. The minimum absolute atomic E-state index is 0.0655. The first-order valence-electron chi connectivity index (χ1n) is 10.9. The Morgan fingerprint density at radius 2 is 2.18 bits per heavy atom. The van der Waals surface area contributed by atoms with Crippen molar-refractivity contribution in [1.82, 2.24) is 9.21 Å². The lowest BCUT2D eigenvalue weighted by molar-refractivity contribution is -0.176. The normalized spacial score (nSPS) is 26.4. The van der Waals surface area contributed by atoms with Gasteiger partial charge in [-0.25, -0.2) is 5.21 Å². The van der Waals surface area contributed by atoms with Crippen LogP contribution in [0.1, 0.15) is 22.8 Å². The minimum atomic E-state index is -1.27. The fourth-order valence-corrected chi connectivity index (χ4v) is 6.41. The molecule has 0 saturated heterocycles. The van der Waals surface area contributed by atoms with Gasteiger partial charge in [0.1, 0.15) is 11.3 Å². The lowest BCUT2D eigenvalue weighted by atomic mass is 9.93. The van der Waals surface area contributed by atoms with Gasteiger partial charge in [-0.15, -0.1) is 0 Å². The number of aromatic nitrogens is 1. The molecular formula is C26H18N3O4+. The molecule has 2 N–H and O–H groups in total. The van der Waals surface area contributed by atoms with Crippen LogP contribution in [0.25, 0.3) is 34.3 Å². The van der Waals surface area contributed by atoms with Crippen LogP contribution in [0.2, 0.25) is 0 Å². The summed E-state index contributed by atoms with van der Waals surface area (Å²) in [4.78, 5) is 17.6. The summed E-state index contributed by atoms with van der Waals surface area (Å²) in [5.74, 6) is 0.575. The maximum absolute atomic E-state index is 13.1. The molecule has 2 aromatic carbocycles. The summed E-state index contributed by atoms with van der Waals surface area (Å²) in [5, 5.41) is 25.6. The topological polar surface area (TPSA) is 84.0 Å². The van der Waals surface area contributed by atoms with E-state index in [1.54, 1.807) is 12.2 Å². The fraction of sp³-hybridized carbons (Fsp3) is 0.154. The van der Waals surface area contributed by atoms with Crippen LogP contribution in [0, 0.1) is 0 Å². The number of carbonyl (C=O) groups is 1. The second kappa shape index (κ2) is 5.23. The molecule has 0 amide bonds. The first-order valence-corrected chi connectivity index (χ1v) is 10.9. The Labute approximate surface area is 187 Å². The van der Waals surface area contributed by atoms with Gasteiger partial charge in [0.25, 0.3) is 0 Å². The van der Waals surface area contributed by atoms with Gasteiger partial charge < -0.3 is 14.4 Å². The first kappa shape index (κ1) is 17.7. The number of aliphatic hydroxyl groups is 1. The summed E-state index contributed by atoms with van der Waals surface area (Å²) in [6.07, 6.45) is 10.8. The number of hydrogen-bond donors (Lipinski definition) is 2. The van der Waals surface area contributed by atoms with Crippen LogP contribution in [0.3, 0.4) is 0 Å². The number of carbonyl (C=O) groups excluding carboxylic acids is 1. The molecular weight excluding hydrogens is 418 g/mol. The number of nitrogens with zero attached hydrogens (tertiary/aromatic N) is 3. The lowest BCUT2D eigenvalue weighted by Crippen LogP contribution is -2.65. The molecule has 0 spiro atoms. The Morgan fingerprint density at radius 1 is 1.30 bits per heavy atom. The number of hydroxylamine groups is 1. The Morgan fingerprint density at radius 3 is 3.03 bits per heavy atom. The zero-order chi connectivity index (χ0) is 22.3. The highest BCUT2D eigenvalue weighted by atomic mass is 16.6. The third-order valence-electron chi connectivity index (χ3n) is 7.88. The largest absolute Gasteiger partial charge is 0.433 e. The third kappa shape index (κ3) is 1.66. The number of quaternary nitrogens is 1. The molecule has 2 unspecified atom stereocenters. The second-order valence-corrected chi connectivity index (χ2v) is 9.23. The zero-order valence-corrected chi connectivity index (χ0v) is 17.7. The van der Waals surface area contributed by atoms with Crippen molar-refractivity contribution in [2.24, 2.45) is 4.99 Å². The smallest absolute Gasteiger partial charge is 0.304 e. The Kier molecular flexibility index (Phi) is 2.81. The molecule has 8 rings (SSSR count). The first-order chi connectivity index (χ1) is 16.0. The van der Waals surface area contributed by atoms with Crippen LogP contribution < -0.4 is 20.0 Å². The van der Waals surface area contributed by atoms with Crippen molar-refractivity contribution in [3.8, 4) is 16.9 Å². The van der Waals surface area contributed by atoms with Crippen molar-refractivity contribution in [2.45, 2.75) is 19.2 Å². The van der Waals surface area contributed by atoms with Gasteiger partial charge in [-0.05, 0) is 24.3 Å². The van der Waals surface area contributed by atoms with Gasteiger partial charge in [-0.2, -0.15) is 0 Å². The molecule has 4 aliphatic heterocycles. The summed E-state index contributed by atoms with van der Waals surface area (Å²) in [7, 11) is 0. The van der Waals surface area contributed by atoms with E-state index in [0.29, 0.717) is 34.8 Å². The summed E-state index contributed by atoms with van der Waals surface area (Å²) >= 11 is 0. The molecule has 1 aliphatic carbocycles. The molecule has 0 fully saturated rings. The van der Waals surface area contributed by atoms with E-state index in [9.17, 15) is 15.1 Å². The number of benzene rings is 2. The predicted octanol–water partition coefficient (Wildman–Crippen LogP) is 2.39. The van der Waals surface area contributed by atoms with Gasteiger partial charge in [0.15, 0.2) is 11.5 Å². The van der Waals surface area contributed by atoms with Gasteiger partial charge in [0, 0.05) is 48.1 Å². The summed E-state index contributed by atoms with van der Waals surface area (Å²) < 4.78 is 7.84. The average Bonchev–Trinajstić information content (AvgIpc) is 3.47. The lowest BCUT2D eigenvalue weighted by Gasteiger charge is -2.46. The SMILES string of the molecule is CC12Oc3ccc4c(c3)[N+]1(O)c1c-4c3c(c4c5c(n(c14)CC=C2CO)=CC=CC5=O)=CN=C3. The second-order valence-electron chi connectivity index (χ2n) is 9.23. The van der Waals surface area contributed by atoms with Crippen LogP contribution in [0.15, 0.2) is 47.0 Å². The van der Waals surface area contributed by atoms with Crippen molar-refractivity contribution in [3.05, 3.63) is 63.7 Å². The predicted molar refractivity (Wildman–Crippen MR) is 124 cm³/mol. The van der Waals surface area contributed by atoms with E-state index in [0.717, 1.165) is 38.2 Å². The quantitative estimate of drug-likeness (QED) is 0.453. The molecule has 0 radical (unpaired) electrons. The molecule has 5 heterocycles. The van der Waals surface area contributed by atoms with E-state index < -0.39 is 10.4 Å². The highest BCUT2D eigenvalue weighted by Gasteiger charge is 2.65. The van der Waals surface area contributed by atoms with Crippen LogP contribution in [-0.4, -0.2) is 39.2 Å². The highest BCUT2D eigenvalue weighted by molar-refractivity contribution is 6.22. The minimum Gasteiger partial charge on any atom is -0.433 e. The van der Waals surface area contributed by atoms with Crippen molar-refractivity contribution in [1.29, 1.82) is 0 Å². The molecule has 7 heteroatoms. The number of fused-ring (bicyclic) bond motifs is 8. The number of aliphatic imine (C=N–C) groups is 1. The number of ether oxygens (including phenoxy) is 1. The van der Waals surface area contributed by atoms with E-state index >= 15 is 0 Å². The molecule has 2 atom stereocenters. The van der Waals surface area contributed by atoms with E-state index in [1.165, 1.54) is 0 Å². The number of hydrogen-bond acceptors (Lipinski definition) is 5. The number of aliphatic hydroxyl groups excluding tert-OH is 1. The van der Waals surface area contributed by atoms with Gasteiger partial charge in [0.2, 0.25) is 5.69 Å². The summed E-state index contributed by atoms with van der Waals surface area (Å²) in [5.41, 5.74) is 4.79.